The number of methoxy groups -OCH3 is 1. The Morgan fingerprint density at radius 2 is 2.06 bits per heavy atom. The van der Waals surface area contributed by atoms with Gasteiger partial charge in [0.25, 0.3) is 0 Å². The molecule has 0 heterocycles. The van der Waals surface area contributed by atoms with Crippen LogP contribution in [0.3, 0.4) is 0 Å². The third-order valence-electron chi connectivity index (χ3n) is 2.37. The van der Waals surface area contributed by atoms with Gasteiger partial charge in [-0.1, -0.05) is 18.2 Å². The number of benzene rings is 1. The van der Waals surface area contributed by atoms with Gasteiger partial charge in [0.2, 0.25) is 0 Å². The van der Waals surface area contributed by atoms with Gasteiger partial charge in [-0.3, -0.25) is 0 Å². The molecule has 1 aromatic rings. The maximum absolute atomic E-state index is 5.50. The smallest absolute Gasteiger partial charge is 0.123 e. The van der Waals surface area contributed by atoms with E-state index in [4.69, 9.17) is 21.1 Å². The SMILES string of the molecule is COc1ccccc1CNCCCOCCCl. The number of halogens is 1. The molecule has 0 aliphatic heterocycles. The summed E-state index contributed by atoms with van der Waals surface area (Å²) in [7, 11) is 1.69. The van der Waals surface area contributed by atoms with Crippen molar-refractivity contribution in [3.63, 3.8) is 0 Å². The Balaban J connectivity index is 2.13. The lowest BCUT2D eigenvalue weighted by atomic mass is 10.2. The molecule has 1 N–H and O–H groups in total. The molecule has 0 saturated heterocycles. The molecule has 0 fully saturated rings. The van der Waals surface area contributed by atoms with Gasteiger partial charge in [-0.2, -0.15) is 0 Å². The van der Waals surface area contributed by atoms with E-state index in [2.05, 4.69) is 11.4 Å². The van der Waals surface area contributed by atoms with E-state index in [1.54, 1.807) is 7.11 Å². The van der Waals surface area contributed by atoms with Crippen LogP contribution in [-0.2, 0) is 11.3 Å². The van der Waals surface area contributed by atoms with E-state index in [-0.39, 0.29) is 0 Å². The quantitative estimate of drug-likeness (QED) is 0.545. The summed E-state index contributed by atoms with van der Waals surface area (Å²) in [5.74, 6) is 1.49. The second kappa shape index (κ2) is 9.28. The lowest BCUT2D eigenvalue weighted by Gasteiger charge is -2.09. The molecule has 0 spiro atoms. The Kier molecular flexibility index (Phi) is 7.80. The first-order chi connectivity index (χ1) is 8.38. The average Bonchev–Trinajstić information content (AvgIpc) is 2.38. The van der Waals surface area contributed by atoms with E-state index in [0.29, 0.717) is 12.5 Å². The molecule has 1 aromatic carbocycles. The van der Waals surface area contributed by atoms with Crippen molar-refractivity contribution in [1.82, 2.24) is 5.32 Å². The molecule has 0 aromatic heterocycles. The maximum Gasteiger partial charge on any atom is 0.123 e. The summed E-state index contributed by atoms with van der Waals surface area (Å²) in [6.07, 6.45) is 0.992. The monoisotopic (exact) mass is 257 g/mol. The number of nitrogens with one attached hydrogen (secondary N) is 1. The number of rotatable bonds is 9. The number of hydrogen-bond donors (Lipinski definition) is 1. The first-order valence-electron chi connectivity index (χ1n) is 5.84. The predicted octanol–water partition coefficient (Wildman–Crippen LogP) is 2.43. The molecular weight excluding hydrogens is 238 g/mol. The summed E-state index contributed by atoms with van der Waals surface area (Å²) < 4.78 is 10.6. The van der Waals surface area contributed by atoms with Gasteiger partial charge in [-0.05, 0) is 19.0 Å². The highest BCUT2D eigenvalue weighted by Gasteiger charge is 1.99. The molecular formula is C13H20ClNO2. The Bertz CT molecular complexity index is 307. The summed E-state index contributed by atoms with van der Waals surface area (Å²) in [5.41, 5.74) is 1.18. The van der Waals surface area contributed by atoms with Crippen LogP contribution in [-0.4, -0.2) is 32.7 Å². The highest BCUT2D eigenvalue weighted by atomic mass is 35.5. The van der Waals surface area contributed by atoms with E-state index in [1.165, 1.54) is 5.56 Å². The largest absolute Gasteiger partial charge is 0.496 e. The first-order valence-corrected chi connectivity index (χ1v) is 6.38. The Morgan fingerprint density at radius 3 is 2.82 bits per heavy atom. The predicted molar refractivity (Wildman–Crippen MR) is 70.9 cm³/mol. The zero-order valence-electron chi connectivity index (χ0n) is 10.2. The molecule has 0 bridgehead atoms. The molecule has 4 heteroatoms. The minimum Gasteiger partial charge on any atom is -0.496 e. The van der Waals surface area contributed by atoms with Crippen LogP contribution in [0, 0.1) is 0 Å². The van der Waals surface area contributed by atoms with Crippen LogP contribution in [0.25, 0.3) is 0 Å². The van der Waals surface area contributed by atoms with E-state index >= 15 is 0 Å². The van der Waals surface area contributed by atoms with Gasteiger partial charge in [-0.25, -0.2) is 0 Å². The highest BCUT2D eigenvalue weighted by Crippen LogP contribution is 2.16. The van der Waals surface area contributed by atoms with Crippen molar-refractivity contribution in [3.8, 4) is 5.75 Å². The van der Waals surface area contributed by atoms with Crippen LogP contribution >= 0.6 is 11.6 Å². The fourth-order valence-electron chi connectivity index (χ4n) is 1.53. The van der Waals surface area contributed by atoms with Crippen LogP contribution < -0.4 is 10.1 Å². The molecule has 3 nitrogen and oxygen atoms in total. The van der Waals surface area contributed by atoms with Gasteiger partial charge in [0.1, 0.15) is 5.75 Å². The van der Waals surface area contributed by atoms with Gasteiger partial charge in [-0.15, -0.1) is 11.6 Å². The zero-order chi connectivity index (χ0) is 12.3. The third-order valence-corrected chi connectivity index (χ3v) is 2.53. The fraction of sp³-hybridized carbons (Fsp3) is 0.538. The molecule has 0 amide bonds. The minimum atomic E-state index is 0.564. The first kappa shape index (κ1) is 14.3. The average molecular weight is 258 g/mol. The highest BCUT2D eigenvalue weighted by molar-refractivity contribution is 6.17. The van der Waals surface area contributed by atoms with Crippen molar-refractivity contribution >= 4 is 11.6 Å². The summed E-state index contributed by atoms with van der Waals surface area (Å²) in [6.45, 7) is 3.14. The number of ether oxygens (including phenoxy) is 2. The van der Waals surface area contributed by atoms with E-state index in [9.17, 15) is 0 Å². The lowest BCUT2D eigenvalue weighted by Crippen LogP contribution is -2.17. The van der Waals surface area contributed by atoms with Gasteiger partial charge >= 0.3 is 0 Å². The Labute approximate surface area is 108 Å². The van der Waals surface area contributed by atoms with Crippen LogP contribution in [0.15, 0.2) is 24.3 Å². The Morgan fingerprint density at radius 1 is 1.24 bits per heavy atom. The molecule has 0 saturated carbocycles. The summed E-state index contributed by atoms with van der Waals surface area (Å²) in [4.78, 5) is 0. The van der Waals surface area contributed by atoms with Crippen LogP contribution in [0.2, 0.25) is 0 Å². The van der Waals surface area contributed by atoms with Gasteiger partial charge in [0.15, 0.2) is 0 Å². The summed E-state index contributed by atoms with van der Waals surface area (Å²) in [6, 6.07) is 8.03. The number of hydrogen-bond acceptors (Lipinski definition) is 3. The van der Waals surface area contributed by atoms with E-state index in [1.807, 2.05) is 18.2 Å². The molecule has 96 valence electrons. The normalized spacial score (nSPS) is 10.5. The maximum atomic E-state index is 5.50. The van der Waals surface area contributed by atoms with Crippen LogP contribution in [0.4, 0.5) is 0 Å². The minimum absolute atomic E-state index is 0.564. The molecule has 0 radical (unpaired) electrons. The zero-order valence-corrected chi connectivity index (χ0v) is 11.0. The lowest BCUT2D eigenvalue weighted by molar-refractivity contribution is 0.146. The molecule has 17 heavy (non-hydrogen) atoms. The van der Waals surface area contributed by atoms with Gasteiger partial charge in [0.05, 0.1) is 13.7 Å². The van der Waals surface area contributed by atoms with Crippen LogP contribution in [0.5, 0.6) is 5.75 Å². The second-order valence-electron chi connectivity index (χ2n) is 3.64. The van der Waals surface area contributed by atoms with E-state index in [0.717, 1.165) is 31.9 Å². The molecule has 0 aliphatic rings. The summed E-state index contributed by atoms with van der Waals surface area (Å²) in [5, 5.41) is 3.36. The number of alkyl halides is 1. The van der Waals surface area contributed by atoms with Crippen molar-refractivity contribution < 1.29 is 9.47 Å². The van der Waals surface area contributed by atoms with Gasteiger partial charge < -0.3 is 14.8 Å². The second-order valence-corrected chi connectivity index (χ2v) is 4.02. The van der Waals surface area contributed by atoms with Crippen molar-refractivity contribution in [1.29, 1.82) is 0 Å². The molecule has 0 atom stereocenters. The van der Waals surface area contributed by atoms with Crippen molar-refractivity contribution in [2.45, 2.75) is 13.0 Å². The topological polar surface area (TPSA) is 30.5 Å². The van der Waals surface area contributed by atoms with Gasteiger partial charge in [0, 0.05) is 24.6 Å². The van der Waals surface area contributed by atoms with Crippen molar-refractivity contribution in [2.24, 2.45) is 0 Å². The molecule has 0 aliphatic carbocycles. The standard InChI is InChI=1S/C13H20ClNO2/c1-16-13-6-3-2-5-12(13)11-15-8-4-9-17-10-7-14/h2-3,5-6,15H,4,7-11H2,1H3. The van der Waals surface area contributed by atoms with Crippen LogP contribution in [0.1, 0.15) is 12.0 Å². The number of para-hydroxylation sites is 1. The summed E-state index contributed by atoms with van der Waals surface area (Å²) >= 11 is 5.50. The van der Waals surface area contributed by atoms with Crippen molar-refractivity contribution in [3.05, 3.63) is 29.8 Å². The van der Waals surface area contributed by atoms with Crippen molar-refractivity contribution in [2.75, 3.05) is 32.7 Å². The fourth-order valence-corrected chi connectivity index (χ4v) is 1.64. The third kappa shape index (κ3) is 5.91. The molecule has 1 rings (SSSR count). The Hall–Kier alpha value is -0.770. The van der Waals surface area contributed by atoms with E-state index < -0.39 is 0 Å². The molecule has 0 unspecified atom stereocenters.